The molecule has 8 nitrogen and oxygen atoms in total. The molecule has 1 aromatic rings. The summed E-state index contributed by atoms with van der Waals surface area (Å²) >= 11 is 1.37. The van der Waals surface area contributed by atoms with Crippen LogP contribution in [0.4, 0.5) is 10.5 Å². The predicted molar refractivity (Wildman–Crippen MR) is 75.9 cm³/mol. The van der Waals surface area contributed by atoms with E-state index >= 15 is 0 Å². The first-order valence-corrected chi connectivity index (χ1v) is 7.23. The average Bonchev–Trinajstić information content (AvgIpc) is 2.94. The van der Waals surface area contributed by atoms with E-state index < -0.39 is 23.0 Å². The molecular formula is C12H13N3O5S. The fraction of sp³-hybridized carbons (Fsp3) is 0.333. The van der Waals surface area contributed by atoms with Gasteiger partial charge in [-0.1, -0.05) is 12.1 Å². The Bertz CT molecular complexity index is 580. The first-order valence-electron chi connectivity index (χ1n) is 6.07. The van der Waals surface area contributed by atoms with Crippen molar-refractivity contribution in [2.45, 2.75) is 12.6 Å². The minimum Gasteiger partial charge on any atom is -0.480 e. The second-order valence-electron chi connectivity index (χ2n) is 4.41. The lowest BCUT2D eigenvalue weighted by atomic mass is 10.2. The molecular weight excluding hydrogens is 298 g/mol. The lowest BCUT2D eigenvalue weighted by molar-refractivity contribution is -0.384. The zero-order valence-corrected chi connectivity index (χ0v) is 11.7. The minimum atomic E-state index is -1.04. The summed E-state index contributed by atoms with van der Waals surface area (Å²) in [6.45, 7) is 0.105. The Morgan fingerprint density at radius 2 is 2.29 bits per heavy atom. The van der Waals surface area contributed by atoms with Crippen molar-refractivity contribution in [3.8, 4) is 0 Å². The monoisotopic (exact) mass is 311 g/mol. The summed E-state index contributed by atoms with van der Waals surface area (Å²) in [5, 5.41) is 22.2. The van der Waals surface area contributed by atoms with Crippen LogP contribution in [0.1, 0.15) is 5.56 Å². The van der Waals surface area contributed by atoms with E-state index in [4.69, 9.17) is 5.11 Å². The molecule has 2 rings (SSSR count). The van der Waals surface area contributed by atoms with Crippen LogP contribution in [0, 0.1) is 10.1 Å². The molecule has 1 aliphatic heterocycles. The van der Waals surface area contributed by atoms with Crippen molar-refractivity contribution in [1.29, 1.82) is 0 Å². The highest BCUT2D eigenvalue weighted by molar-refractivity contribution is 7.99. The molecule has 0 aliphatic carbocycles. The number of nitro groups is 1. The Morgan fingerprint density at radius 3 is 2.95 bits per heavy atom. The molecule has 0 saturated carbocycles. The number of nitrogens with zero attached hydrogens (tertiary/aromatic N) is 2. The van der Waals surface area contributed by atoms with Crippen molar-refractivity contribution >= 4 is 29.4 Å². The maximum Gasteiger partial charge on any atom is 0.327 e. The Labute approximate surface area is 124 Å². The standard InChI is InChI=1S/C12H13N3O5S/c16-11(17)10-6-21-7-14(10)12(18)13-5-8-2-1-3-9(4-8)15(19)20/h1-4,10H,5-7H2,(H,13,18)(H,16,17). The van der Waals surface area contributed by atoms with E-state index in [1.165, 1.54) is 34.9 Å². The number of carboxylic acids is 1. The van der Waals surface area contributed by atoms with E-state index in [2.05, 4.69) is 5.32 Å². The van der Waals surface area contributed by atoms with Crippen LogP contribution >= 0.6 is 11.8 Å². The Kier molecular flexibility index (Phi) is 4.63. The Hall–Kier alpha value is -2.29. The largest absolute Gasteiger partial charge is 0.480 e. The third-order valence-electron chi connectivity index (χ3n) is 2.99. The molecule has 1 unspecified atom stereocenters. The molecule has 2 N–H and O–H groups in total. The van der Waals surface area contributed by atoms with Gasteiger partial charge in [-0.3, -0.25) is 10.1 Å². The molecule has 9 heteroatoms. The fourth-order valence-electron chi connectivity index (χ4n) is 1.91. The molecule has 112 valence electrons. The molecule has 1 heterocycles. The maximum absolute atomic E-state index is 12.0. The van der Waals surface area contributed by atoms with Crippen LogP contribution in [0.25, 0.3) is 0 Å². The molecule has 1 atom stereocenters. The molecule has 21 heavy (non-hydrogen) atoms. The third kappa shape index (κ3) is 3.63. The van der Waals surface area contributed by atoms with Gasteiger partial charge in [0, 0.05) is 24.4 Å². The third-order valence-corrected chi connectivity index (χ3v) is 4.01. The van der Waals surface area contributed by atoms with Crippen molar-refractivity contribution in [2.24, 2.45) is 0 Å². The number of carboxylic acid groups (broad SMARTS) is 1. The molecule has 1 aliphatic rings. The maximum atomic E-state index is 12.0. The number of carbonyl (C=O) groups excluding carboxylic acids is 1. The van der Waals surface area contributed by atoms with Gasteiger partial charge in [0.05, 0.1) is 10.8 Å². The quantitative estimate of drug-likeness (QED) is 0.639. The van der Waals surface area contributed by atoms with Crippen LogP contribution in [0.15, 0.2) is 24.3 Å². The summed E-state index contributed by atoms with van der Waals surface area (Å²) in [6.07, 6.45) is 0. The number of thioether (sulfide) groups is 1. The van der Waals surface area contributed by atoms with Gasteiger partial charge in [-0.05, 0) is 5.56 Å². The van der Waals surface area contributed by atoms with E-state index in [0.29, 0.717) is 17.2 Å². The smallest absolute Gasteiger partial charge is 0.327 e. The van der Waals surface area contributed by atoms with Gasteiger partial charge in [0.25, 0.3) is 5.69 Å². The molecule has 2 amide bonds. The van der Waals surface area contributed by atoms with Crippen LogP contribution in [0.2, 0.25) is 0 Å². The van der Waals surface area contributed by atoms with Crippen LogP contribution in [-0.2, 0) is 11.3 Å². The SMILES string of the molecule is O=C(O)C1CSCN1C(=O)NCc1cccc([N+](=O)[O-])c1. The zero-order valence-electron chi connectivity index (χ0n) is 10.9. The molecule has 0 radical (unpaired) electrons. The van der Waals surface area contributed by atoms with Crippen molar-refractivity contribution in [1.82, 2.24) is 10.2 Å². The average molecular weight is 311 g/mol. The molecule has 0 spiro atoms. The summed E-state index contributed by atoms with van der Waals surface area (Å²) in [7, 11) is 0. The van der Waals surface area contributed by atoms with E-state index in [-0.39, 0.29) is 12.2 Å². The van der Waals surface area contributed by atoms with Gasteiger partial charge in [-0.2, -0.15) is 0 Å². The first-order chi connectivity index (χ1) is 9.99. The van der Waals surface area contributed by atoms with Crippen LogP contribution in [-0.4, -0.2) is 44.6 Å². The predicted octanol–water partition coefficient (Wildman–Crippen LogP) is 1.26. The number of benzene rings is 1. The lowest BCUT2D eigenvalue weighted by Gasteiger charge is -2.20. The Balaban J connectivity index is 1.96. The van der Waals surface area contributed by atoms with Crippen molar-refractivity contribution < 1.29 is 19.6 Å². The summed E-state index contributed by atoms with van der Waals surface area (Å²) in [4.78, 5) is 34.3. The summed E-state index contributed by atoms with van der Waals surface area (Å²) in [5.74, 6) is -0.359. The minimum absolute atomic E-state index is 0.0538. The summed E-state index contributed by atoms with van der Waals surface area (Å²) in [5.41, 5.74) is 0.526. The van der Waals surface area contributed by atoms with Crippen LogP contribution < -0.4 is 5.32 Å². The highest BCUT2D eigenvalue weighted by Gasteiger charge is 2.34. The summed E-state index contributed by atoms with van der Waals surface area (Å²) < 4.78 is 0. The van der Waals surface area contributed by atoms with Crippen LogP contribution in [0.3, 0.4) is 0 Å². The number of non-ortho nitro benzene ring substituents is 1. The molecule has 0 aromatic heterocycles. The number of hydrogen-bond donors (Lipinski definition) is 2. The fourth-order valence-corrected chi connectivity index (χ4v) is 3.05. The van der Waals surface area contributed by atoms with Gasteiger partial charge < -0.3 is 15.3 Å². The van der Waals surface area contributed by atoms with Crippen LogP contribution in [0.5, 0.6) is 0 Å². The number of amides is 2. The second-order valence-corrected chi connectivity index (χ2v) is 5.41. The number of nitrogens with one attached hydrogen (secondary N) is 1. The molecule has 0 bridgehead atoms. The van der Waals surface area contributed by atoms with Crippen molar-refractivity contribution in [3.63, 3.8) is 0 Å². The molecule has 1 saturated heterocycles. The van der Waals surface area contributed by atoms with Gasteiger partial charge in [-0.25, -0.2) is 9.59 Å². The zero-order chi connectivity index (χ0) is 15.4. The van der Waals surface area contributed by atoms with E-state index in [9.17, 15) is 19.7 Å². The first kappa shape index (κ1) is 15.1. The van der Waals surface area contributed by atoms with Gasteiger partial charge in [0.15, 0.2) is 0 Å². The molecule has 1 aromatic carbocycles. The van der Waals surface area contributed by atoms with Gasteiger partial charge in [0.2, 0.25) is 0 Å². The van der Waals surface area contributed by atoms with Gasteiger partial charge in [-0.15, -0.1) is 11.8 Å². The van der Waals surface area contributed by atoms with Gasteiger partial charge >= 0.3 is 12.0 Å². The number of rotatable bonds is 4. The van der Waals surface area contributed by atoms with Gasteiger partial charge in [0.1, 0.15) is 6.04 Å². The Morgan fingerprint density at radius 1 is 1.52 bits per heavy atom. The topological polar surface area (TPSA) is 113 Å². The van der Waals surface area contributed by atoms with E-state index in [1.807, 2.05) is 0 Å². The second kappa shape index (κ2) is 6.44. The number of urea groups is 1. The number of hydrogen-bond acceptors (Lipinski definition) is 5. The normalized spacial score (nSPS) is 17.5. The number of carbonyl (C=O) groups is 2. The van der Waals surface area contributed by atoms with Crippen molar-refractivity contribution in [2.75, 3.05) is 11.6 Å². The molecule has 1 fully saturated rings. The summed E-state index contributed by atoms with van der Waals surface area (Å²) in [6, 6.07) is 4.60. The highest BCUT2D eigenvalue weighted by Crippen LogP contribution is 2.21. The van der Waals surface area contributed by atoms with E-state index in [0.717, 1.165) is 0 Å². The number of aliphatic carboxylic acids is 1. The van der Waals surface area contributed by atoms with E-state index in [1.54, 1.807) is 6.07 Å². The highest BCUT2D eigenvalue weighted by atomic mass is 32.2. The lowest BCUT2D eigenvalue weighted by Crippen LogP contribution is -2.46. The van der Waals surface area contributed by atoms with Crippen molar-refractivity contribution in [3.05, 3.63) is 39.9 Å². The number of nitro benzene ring substituents is 1.